The molecule has 1 amide bonds. The number of nitrogens with one attached hydrogen (secondary N) is 1. The van der Waals surface area contributed by atoms with Gasteiger partial charge in [-0.3, -0.25) is 4.79 Å². The van der Waals surface area contributed by atoms with Gasteiger partial charge in [0.05, 0.1) is 12.4 Å². The van der Waals surface area contributed by atoms with Gasteiger partial charge in [-0.1, -0.05) is 48.5 Å². The minimum Gasteiger partial charge on any atom is -0.345 e. The number of carbonyl (C=O) groups is 1. The van der Waals surface area contributed by atoms with Crippen molar-refractivity contribution in [1.29, 1.82) is 0 Å². The molecule has 0 radical (unpaired) electrons. The second-order valence-electron chi connectivity index (χ2n) is 6.71. The molecule has 3 rings (SSSR count). The predicted molar refractivity (Wildman–Crippen MR) is 104 cm³/mol. The average molecular weight is 347 g/mol. The monoisotopic (exact) mass is 347 g/mol. The van der Waals surface area contributed by atoms with Gasteiger partial charge in [-0.25, -0.2) is 4.98 Å². The van der Waals surface area contributed by atoms with Crippen LogP contribution in [0.4, 0.5) is 0 Å². The van der Waals surface area contributed by atoms with E-state index < -0.39 is 0 Å². The Morgan fingerprint density at radius 3 is 2.12 bits per heavy atom. The number of aromatic nitrogens is 2. The van der Waals surface area contributed by atoms with Gasteiger partial charge < -0.3 is 9.88 Å². The topological polar surface area (TPSA) is 46.9 Å². The molecule has 0 atom stereocenters. The fourth-order valence-corrected chi connectivity index (χ4v) is 3.24. The molecule has 4 nitrogen and oxygen atoms in total. The van der Waals surface area contributed by atoms with Gasteiger partial charge in [0.2, 0.25) is 5.91 Å². The molecule has 0 aliphatic carbocycles. The van der Waals surface area contributed by atoms with Crippen LogP contribution in [0.3, 0.4) is 0 Å². The molecule has 0 bridgehead atoms. The molecule has 134 valence electrons. The molecular formula is C22H25N3O. The van der Waals surface area contributed by atoms with Crippen LogP contribution in [0.5, 0.6) is 0 Å². The van der Waals surface area contributed by atoms with Crippen molar-refractivity contribution in [1.82, 2.24) is 14.9 Å². The maximum Gasteiger partial charge on any atom is 0.221 e. The van der Waals surface area contributed by atoms with Crippen LogP contribution in [0, 0.1) is 13.8 Å². The Balaban J connectivity index is 1.82. The number of carbonyl (C=O) groups excluding carboxylic acids is 1. The van der Waals surface area contributed by atoms with Gasteiger partial charge in [0.1, 0.15) is 0 Å². The van der Waals surface area contributed by atoms with E-state index in [1.807, 2.05) is 42.1 Å². The van der Waals surface area contributed by atoms with E-state index in [1.165, 1.54) is 11.1 Å². The zero-order valence-corrected chi connectivity index (χ0v) is 15.6. The zero-order valence-electron chi connectivity index (χ0n) is 15.6. The largest absolute Gasteiger partial charge is 0.345 e. The number of nitrogens with zero attached hydrogens (tertiary/aromatic N) is 2. The standard InChI is InChI=1S/C22H25N3O/c1-16-8-4-6-10-19(16)22(20-11-7-5-9-17(20)2)24-21(26)13-12-18-14-23-15-25(18)3/h4-11,14-15,22H,12-13H2,1-3H3,(H,24,26). The summed E-state index contributed by atoms with van der Waals surface area (Å²) in [5, 5.41) is 3.24. The van der Waals surface area contributed by atoms with E-state index in [-0.39, 0.29) is 11.9 Å². The maximum absolute atomic E-state index is 12.7. The Kier molecular flexibility index (Phi) is 5.52. The fraction of sp³-hybridized carbons (Fsp3) is 0.273. The molecule has 0 aliphatic rings. The third kappa shape index (κ3) is 4.02. The molecular weight excluding hydrogens is 322 g/mol. The molecule has 1 heterocycles. The smallest absolute Gasteiger partial charge is 0.221 e. The van der Waals surface area contributed by atoms with E-state index in [1.54, 1.807) is 6.33 Å². The summed E-state index contributed by atoms with van der Waals surface area (Å²) in [6.45, 7) is 4.17. The minimum absolute atomic E-state index is 0.0442. The van der Waals surface area contributed by atoms with Gasteiger partial charge in [-0.15, -0.1) is 0 Å². The molecule has 0 saturated heterocycles. The van der Waals surface area contributed by atoms with Crippen molar-refractivity contribution in [3.63, 3.8) is 0 Å². The summed E-state index contributed by atoms with van der Waals surface area (Å²) < 4.78 is 1.95. The Hall–Kier alpha value is -2.88. The third-order valence-corrected chi connectivity index (χ3v) is 4.83. The van der Waals surface area contributed by atoms with Crippen LogP contribution in [-0.2, 0) is 18.3 Å². The first kappa shape index (κ1) is 17.9. The van der Waals surface area contributed by atoms with Crippen LogP contribution in [0.2, 0.25) is 0 Å². The summed E-state index contributed by atoms with van der Waals surface area (Å²) in [4.78, 5) is 16.8. The second kappa shape index (κ2) is 8.00. The maximum atomic E-state index is 12.7. The highest BCUT2D eigenvalue weighted by Crippen LogP contribution is 2.27. The third-order valence-electron chi connectivity index (χ3n) is 4.83. The molecule has 0 saturated carbocycles. The molecule has 1 aromatic heterocycles. The fourth-order valence-electron chi connectivity index (χ4n) is 3.24. The lowest BCUT2D eigenvalue weighted by Crippen LogP contribution is -2.30. The first-order valence-corrected chi connectivity index (χ1v) is 8.92. The lowest BCUT2D eigenvalue weighted by atomic mass is 9.92. The van der Waals surface area contributed by atoms with Gasteiger partial charge in [0, 0.05) is 25.4 Å². The Morgan fingerprint density at radius 1 is 1.04 bits per heavy atom. The van der Waals surface area contributed by atoms with E-state index in [4.69, 9.17) is 0 Å². The van der Waals surface area contributed by atoms with Gasteiger partial charge in [0.15, 0.2) is 0 Å². The second-order valence-corrected chi connectivity index (χ2v) is 6.71. The van der Waals surface area contributed by atoms with Crippen LogP contribution in [0.15, 0.2) is 61.1 Å². The first-order valence-electron chi connectivity index (χ1n) is 8.92. The normalized spacial score (nSPS) is 10.9. The van der Waals surface area contributed by atoms with Crippen LogP contribution in [0.1, 0.15) is 40.4 Å². The molecule has 0 unspecified atom stereocenters. The van der Waals surface area contributed by atoms with Crippen molar-refractivity contribution < 1.29 is 4.79 Å². The van der Waals surface area contributed by atoms with E-state index in [9.17, 15) is 4.79 Å². The van der Waals surface area contributed by atoms with Crippen molar-refractivity contribution in [3.05, 3.63) is 89.0 Å². The number of benzene rings is 2. The molecule has 2 aromatic carbocycles. The molecule has 4 heteroatoms. The van der Waals surface area contributed by atoms with Gasteiger partial charge in [-0.2, -0.15) is 0 Å². The highest BCUT2D eigenvalue weighted by Gasteiger charge is 2.20. The van der Waals surface area contributed by atoms with Gasteiger partial charge in [-0.05, 0) is 42.5 Å². The summed E-state index contributed by atoms with van der Waals surface area (Å²) in [7, 11) is 1.95. The summed E-state index contributed by atoms with van der Waals surface area (Å²) in [5.41, 5.74) is 5.68. The molecule has 26 heavy (non-hydrogen) atoms. The van der Waals surface area contributed by atoms with Crippen molar-refractivity contribution in [2.24, 2.45) is 7.05 Å². The first-order chi connectivity index (χ1) is 12.6. The number of hydrogen-bond acceptors (Lipinski definition) is 2. The summed E-state index contributed by atoms with van der Waals surface area (Å²) in [6, 6.07) is 16.3. The van der Waals surface area contributed by atoms with Crippen LogP contribution < -0.4 is 5.32 Å². The van der Waals surface area contributed by atoms with Crippen molar-refractivity contribution in [3.8, 4) is 0 Å². The Morgan fingerprint density at radius 2 is 1.62 bits per heavy atom. The average Bonchev–Trinajstić information content (AvgIpc) is 3.04. The summed E-state index contributed by atoms with van der Waals surface area (Å²) in [6.07, 6.45) is 4.69. The quantitative estimate of drug-likeness (QED) is 0.736. The van der Waals surface area contributed by atoms with Gasteiger partial charge in [0.25, 0.3) is 0 Å². The number of amides is 1. The highest BCUT2D eigenvalue weighted by atomic mass is 16.1. The summed E-state index contributed by atoms with van der Waals surface area (Å²) in [5.74, 6) is 0.0442. The number of aryl methyl sites for hydroxylation is 4. The number of imidazole rings is 1. The number of rotatable bonds is 6. The van der Waals surface area contributed by atoms with E-state index in [0.29, 0.717) is 12.8 Å². The molecule has 3 aromatic rings. The van der Waals surface area contributed by atoms with Crippen LogP contribution in [-0.4, -0.2) is 15.5 Å². The lowest BCUT2D eigenvalue weighted by molar-refractivity contribution is -0.121. The Bertz CT molecular complexity index is 852. The molecule has 0 fully saturated rings. The molecule has 0 aliphatic heterocycles. The SMILES string of the molecule is Cc1ccccc1C(NC(=O)CCc1cncn1C)c1ccccc1C. The van der Waals surface area contributed by atoms with Crippen molar-refractivity contribution in [2.45, 2.75) is 32.7 Å². The zero-order chi connectivity index (χ0) is 18.5. The van der Waals surface area contributed by atoms with Crippen molar-refractivity contribution in [2.75, 3.05) is 0 Å². The minimum atomic E-state index is -0.142. The van der Waals surface area contributed by atoms with E-state index in [2.05, 4.69) is 48.4 Å². The van der Waals surface area contributed by atoms with Crippen LogP contribution >= 0.6 is 0 Å². The van der Waals surface area contributed by atoms with E-state index in [0.717, 1.165) is 16.8 Å². The van der Waals surface area contributed by atoms with E-state index >= 15 is 0 Å². The van der Waals surface area contributed by atoms with Crippen molar-refractivity contribution >= 4 is 5.91 Å². The molecule has 0 spiro atoms. The highest BCUT2D eigenvalue weighted by molar-refractivity contribution is 5.77. The summed E-state index contributed by atoms with van der Waals surface area (Å²) >= 11 is 0. The van der Waals surface area contributed by atoms with Crippen LogP contribution in [0.25, 0.3) is 0 Å². The lowest BCUT2D eigenvalue weighted by Gasteiger charge is -2.23. The number of hydrogen-bond donors (Lipinski definition) is 1. The Labute approximate surface area is 154 Å². The molecule has 1 N–H and O–H groups in total. The van der Waals surface area contributed by atoms with Gasteiger partial charge >= 0.3 is 0 Å². The predicted octanol–water partition coefficient (Wildman–Crippen LogP) is 3.88.